The number of hydrogen-bond donors (Lipinski definition) is 2. The number of rotatable bonds is 14. The van der Waals surface area contributed by atoms with Gasteiger partial charge in [0.25, 0.3) is 0 Å². The number of imidazole rings is 1. The molecular weight excluding hydrogens is 531 g/mol. The van der Waals surface area contributed by atoms with Gasteiger partial charge in [0.05, 0.1) is 24.9 Å². The van der Waals surface area contributed by atoms with Gasteiger partial charge in [-0.2, -0.15) is 8.62 Å². The molecule has 4 atom stereocenters. The van der Waals surface area contributed by atoms with Crippen LogP contribution in [0.2, 0.25) is 0 Å². The van der Waals surface area contributed by atoms with Crippen LogP contribution in [-0.4, -0.2) is 64.3 Å². The summed E-state index contributed by atoms with van der Waals surface area (Å²) in [5.74, 6) is 0.00700. The monoisotopic (exact) mass is 553 g/mol. The highest BCUT2D eigenvalue weighted by atomic mass is 35.5. The minimum Gasteiger partial charge on any atom is -0.382 e. The normalized spacial score (nSPS) is 18.0. The van der Waals surface area contributed by atoms with Crippen LogP contribution in [0.4, 0.5) is 5.82 Å². The SMILES string of the molecule is COP(=O)(OC)OP(=O)(OC)OP(=O)(O)OCC(CCl)OC(C)n1cnc2c(N)ncnc21. The predicted octanol–water partition coefficient (Wildman–Crippen LogP) is 2.86. The van der Waals surface area contributed by atoms with Crippen LogP contribution in [0.5, 0.6) is 0 Å². The Bertz CT molecular complexity index is 1080. The van der Waals surface area contributed by atoms with E-state index in [1.807, 2.05) is 0 Å². The summed E-state index contributed by atoms with van der Waals surface area (Å²) in [6.07, 6.45) is 1.02. The summed E-state index contributed by atoms with van der Waals surface area (Å²) < 4.78 is 71.0. The van der Waals surface area contributed by atoms with Crippen molar-refractivity contribution in [3.05, 3.63) is 12.7 Å². The Morgan fingerprint density at radius 1 is 1.09 bits per heavy atom. The number of phosphoric ester groups is 2. The van der Waals surface area contributed by atoms with Gasteiger partial charge in [0.15, 0.2) is 11.5 Å². The summed E-state index contributed by atoms with van der Waals surface area (Å²) in [7, 11) is -11.7. The van der Waals surface area contributed by atoms with Crippen molar-refractivity contribution >= 4 is 52.1 Å². The fourth-order valence-electron chi connectivity index (χ4n) is 2.27. The van der Waals surface area contributed by atoms with Gasteiger partial charge >= 0.3 is 23.5 Å². The maximum atomic E-state index is 12.4. The molecule has 2 aromatic heterocycles. The molecule has 4 unspecified atom stereocenters. The first kappa shape index (κ1) is 28.2. The fourth-order valence-corrected chi connectivity index (χ4v) is 6.57. The minimum atomic E-state index is -5.09. The lowest BCUT2D eigenvalue weighted by Gasteiger charge is -2.24. The molecule has 3 N–H and O–H groups in total. The summed E-state index contributed by atoms with van der Waals surface area (Å²) in [4.78, 5) is 22.0. The smallest absolute Gasteiger partial charge is 0.382 e. The number of nitrogens with two attached hydrogens (primary N) is 1. The zero-order valence-electron chi connectivity index (χ0n) is 17.8. The van der Waals surface area contributed by atoms with E-state index in [0.29, 0.717) is 11.2 Å². The molecule has 2 heterocycles. The standard InChI is InChI=1S/C13H23ClN5O11P3/c1-9(19-8-18-11-12(15)16-7-17-13(11)19)28-10(5-14)6-27-31(20,21)29-33(23,26-4)30-32(22,24-2)25-3/h7-10H,5-6H2,1-4H3,(H,20,21)(H2,15,16,17). The summed E-state index contributed by atoms with van der Waals surface area (Å²) in [6.45, 7) is 1.05. The van der Waals surface area contributed by atoms with Crippen molar-refractivity contribution in [2.75, 3.05) is 39.5 Å². The van der Waals surface area contributed by atoms with Gasteiger partial charge in [0.1, 0.15) is 18.1 Å². The van der Waals surface area contributed by atoms with Crippen LogP contribution in [0.15, 0.2) is 12.7 Å². The van der Waals surface area contributed by atoms with Crippen molar-refractivity contribution in [2.45, 2.75) is 19.3 Å². The molecule has 0 aromatic carbocycles. The first-order valence-corrected chi connectivity index (χ1v) is 13.8. The van der Waals surface area contributed by atoms with Crippen molar-refractivity contribution in [3.8, 4) is 0 Å². The number of nitrogens with zero attached hydrogens (tertiary/aromatic N) is 4. The van der Waals surface area contributed by atoms with Crippen molar-refractivity contribution in [1.82, 2.24) is 19.5 Å². The lowest BCUT2D eigenvalue weighted by molar-refractivity contribution is -0.0517. The Hall–Kier alpha value is -0.990. The average Bonchev–Trinajstić information content (AvgIpc) is 3.21. The maximum absolute atomic E-state index is 12.4. The molecule has 2 rings (SSSR count). The number of ether oxygens (including phenoxy) is 1. The molecule has 0 aliphatic rings. The van der Waals surface area contributed by atoms with Crippen molar-refractivity contribution in [1.29, 1.82) is 0 Å². The minimum absolute atomic E-state index is 0.172. The molecule has 0 amide bonds. The average molecular weight is 554 g/mol. The third-order valence-electron chi connectivity index (χ3n) is 3.84. The van der Waals surface area contributed by atoms with Crippen LogP contribution in [-0.2, 0) is 45.1 Å². The highest BCUT2D eigenvalue weighted by molar-refractivity contribution is 7.67. The fraction of sp³-hybridized carbons (Fsp3) is 0.615. The Labute approximate surface area is 193 Å². The van der Waals surface area contributed by atoms with Crippen molar-refractivity contribution in [2.24, 2.45) is 0 Å². The van der Waals surface area contributed by atoms with E-state index in [0.717, 1.165) is 21.3 Å². The van der Waals surface area contributed by atoms with Crippen LogP contribution in [0, 0.1) is 0 Å². The topological polar surface area (TPSA) is 206 Å². The second kappa shape index (κ2) is 11.6. The number of aromatic nitrogens is 4. The van der Waals surface area contributed by atoms with E-state index in [1.54, 1.807) is 6.92 Å². The van der Waals surface area contributed by atoms with Crippen LogP contribution in [0.3, 0.4) is 0 Å². The van der Waals surface area contributed by atoms with Crippen LogP contribution >= 0.6 is 35.1 Å². The first-order chi connectivity index (χ1) is 15.4. The van der Waals surface area contributed by atoms with E-state index in [2.05, 4.69) is 37.1 Å². The van der Waals surface area contributed by atoms with E-state index in [-0.39, 0.29) is 11.7 Å². The van der Waals surface area contributed by atoms with E-state index < -0.39 is 42.4 Å². The van der Waals surface area contributed by atoms with Crippen LogP contribution < -0.4 is 5.73 Å². The first-order valence-electron chi connectivity index (χ1n) is 8.83. The van der Waals surface area contributed by atoms with Gasteiger partial charge in [-0.1, -0.05) is 0 Å². The van der Waals surface area contributed by atoms with Gasteiger partial charge in [0.2, 0.25) is 0 Å². The number of halogens is 1. The Morgan fingerprint density at radius 2 is 1.73 bits per heavy atom. The molecule has 0 spiro atoms. The molecular formula is C13H23ClN5O11P3. The van der Waals surface area contributed by atoms with E-state index in [9.17, 15) is 18.6 Å². The second-order valence-electron chi connectivity index (χ2n) is 5.96. The highest BCUT2D eigenvalue weighted by Gasteiger charge is 2.44. The summed E-state index contributed by atoms with van der Waals surface area (Å²) in [5, 5.41) is 0. The lowest BCUT2D eigenvalue weighted by atomic mass is 10.4. The molecule has 0 saturated heterocycles. The number of hydrogen-bond acceptors (Lipinski definition) is 14. The van der Waals surface area contributed by atoms with Gasteiger partial charge in [-0.25, -0.2) is 28.6 Å². The molecule has 2 aromatic rings. The summed E-state index contributed by atoms with van der Waals surface area (Å²) >= 11 is 5.87. The zero-order valence-corrected chi connectivity index (χ0v) is 21.3. The number of phosphoric acid groups is 3. The molecule has 16 nitrogen and oxygen atoms in total. The van der Waals surface area contributed by atoms with Gasteiger partial charge in [-0.05, 0) is 6.92 Å². The van der Waals surface area contributed by atoms with Crippen LogP contribution in [0.25, 0.3) is 11.2 Å². The highest BCUT2D eigenvalue weighted by Crippen LogP contribution is 2.71. The Morgan fingerprint density at radius 3 is 2.30 bits per heavy atom. The van der Waals surface area contributed by atoms with Crippen molar-refractivity contribution in [3.63, 3.8) is 0 Å². The quantitative estimate of drug-likeness (QED) is 0.255. The molecule has 0 radical (unpaired) electrons. The molecule has 188 valence electrons. The van der Waals surface area contributed by atoms with E-state index in [4.69, 9.17) is 26.6 Å². The Kier molecular flexibility index (Phi) is 9.95. The molecule has 0 bridgehead atoms. The molecule has 0 aliphatic carbocycles. The molecule has 0 fully saturated rings. The van der Waals surface area contributed by atoms with Gasteiger partial charge in [-0.3, -0.25) is 22.7 Å². The Balaban J connectivity index is 2.04. The summed E-state index contributed by atoms with van der Waals surface area (Å²) in [5.41, 5.74) is 6.50. The van der Waals surface area contributed by atoms with E-state index in [1.165, 1.54) is 17.2 Å². The van der Waals surface area contributed by atoms with Crippen molar-refractivity contribution < 1.29 is 50.0 Å². The third kappa shape index (κ3) is 7.49. The van der Waals surface area contributed by atoms with Crippen LogP contribution in [0.1, 0.15) is 13.2 Å². The zero-order chi connectivity index (χ0) is 24.9. The lowest BCUT2D eigenvalue weighted by Crippen LogP contribution is -2.25. The number of nitrogen functional groups attached to an aromatic ring is 1. The molecule has 33 heavy (non-hydrogen) atoms. The molecule has 0 aliphatic heterocycles. The van der Waals surface area contributed by atoms with Gasteiger partial charge in [0, 0.05) is 21.3 Å². The third-order valence-corrected chi connectivity index (χ3v) is 9.22. The number of alkyl halides is 1. The number of anilines is 1. The molecule has 20 heteroatoms. The largest absolute Gasteiger partial charge is 0.492 e. The van der Waals surface area contributed by atoms with Gasteiger partial charge < -0.3 is 15.4 Å². The maximum Gasteiger partial charge on any atom is 0.492 e. The number of fused-ring (bicyclic) bond motifs is 1. The van der Waals surface area contributed by atoms with E-state index >= 15 is 0 Å². The predicted molar refractivity (Wildman–Crippen MR) is 114 cm³/mol. The second-order valence-corrected chi connectivity index (χ2v) is 11.7. The summed E-state index contributed by atoms with van der Waals surface area (Å²) in [6, 6.07) is 0. The van der Waals surface area contributed by atoms with Gasteiger partial charge in [-0.15, -0.1) is 11.6 Å². The molecule has 0 saturated carbocycles.